The molecule has 2 atom stereocenters. The van der Waals surface area contributed by atoms with E-state index in [-0.39, 0.29) is 18.1 Å². The van der Waals surface area contributed by atoms with Gasteiger partial charge in [0.1, 0.15) is 0 Å². The van der Waals surface area contributed by atoms with Crippen molar-refractivity contribution >= 4 is 5.96 Å². The van der Waals surface area contributed by atoms with Crippen molar-refractivity contribution in [2.45, 2.75) is 45.6 Å². The number of hydrogen-bond acceptors (Lipinski definition) is 3. The Balaban J connectivity index is 1.60. The highest BCUT2D eigenvalue weighted by Gasteiger charge is 2.41. The van der Waals surface area contributed by atoms with Crippen LogP contribution in [-0.4, -0.2) is 43.9 Å². The Hall–Kier alpha value is -1.59. The van der Waals surface area contributed by atoms with Gasteiger partial charge in [-0.1, -0.05) is 29.8 Å². The number of aliphatic hydroxyl groups excluding tert-OH is 1. The first-order valence-corrected chi connectivity index (χ1v) is 9.97. The van der Waals surface area contributed by atoms with Gasteiger partial charge in [0.05, 0.1) is 19.3 Å². The molecule has 2 aliphatic rings. The summed E-state index contributed by atoms with van der Waals surface area (Å²) in [5.41, 5.74) is 2.58. The predicted octanol–water partition coefficient (Wildman–Crippen LogP) is 2.79. The maximum atomic E-state index is 9.49. The summed E-state index contributed by atoms with van der Waals surface area (Å²) in [4.78, 5) is 4.71. The number of aryl methyl sites for hydroxylation is 1. The summed E-state index contributed by atoms with van der Waals surface area (Å²) >= 11 is 0. The smallest absolute Gasteiger partial charge is 0.191 e. The lowest BCUT2D eigenvalue weighted by atomic mass is 9.89. The van der Waals surface area contributed by atoms with E-state index in [4.69, 9.17) is 9.73 Å². The number of aliphatic imine (C=N–C) groups is 1. The van der Waals surface area contributed by atoms with Crippen molar-refractivity contribution in [1.29, 1.82) is 0 Å². The molecule has 1 heterocycles. The molecule has 2 fully saturated rings. The molecule has 0 bridgehead atoms. The zero-order chi connectivity index (χ0) is 18.4. The van der Waals surface area contributed by atoms with Crippen LogP contribution in [0.5, 0.6) is 0 Å². The summed E-state index contributed by atoms with van der Waals surface area (Å²) < 4.78 is 6.12. The molecule has 26 heavy (non-hydrogen) atoms. The molecule has 3 N–H and O–H groups in total. The number of nitrogens with one attached hydrogen (secondary N) is 2. The topological polar surface area (TPSA) is 65.9 Å². The number of guanidine groups is 1. The Kier molecular flexibility index (Phi) is 6.54. The number of hydrogen-bond donors (Lipinski definition) is 3. The quantitative estimate of drug-likeness (QED) is 0.517. The minimum atomic E-state index is 0.0424. The molecule has 5 heteroatoms. The molecule has 0 spiro atoms. The van der Waals surface area contributed by atoms with Crippen LogP contribution < -0.4 is 10.6 Å². The molecule has 1 aliphatic carbocycles. The van der Waals surface area contributed by atoms with Crippen molar-refractivity contribution in [1.82, 2.24) is 10.6 Å². The van der Waals surface area contributed by atoms with Gasteiger partial charge in [0.25, 0.3) is 0 Å². The zero-order valence-corrected chi connectivity index (χ0v) is 16.1. The van der Waals surface area contributed by atoms with E-state index >= 15 is 0 Å². The molecule has 3 rings (SSSR count). The Bertz CT molecular complexity index is 596. The first kappa shape index (κ1) is 19.2. The van der Waals surface area contributed by atoms with Crippen molar-refractivity contribution in [3.8, 4) is 0 Å². The van der Waals surface area contributed by atoms with Gasteiger partial charge in [-0.15, -0.1) is 0 Å². The number of aliphatic hydroxyl groups is 1. The van der Waals surface area contributed by atoms with Crippen molar-refractivity contribution in [2.75, 3.05) is 32.8 Å². The molecule has 1 saturated heterocycles. The minimum absolute atomic E-state index is 0.0424. The molecule has 1 aliphatic heterocycles. The van der Waals surface area contributed by atoms with Crippen LogP contribution in [0.25, 0.3) is 0 Å². The first-order valence-electron chi connectivity index (χ1n) is 9.97. The maximum absolute atomic E-state index is 9.49. The predicted molar refractivity (Wildman–Crippen MR) is 105 cm³/mol. The zero-order valence-electron chi connectivity index (χ0n) is 16.1. The summed E-state index contributed by atoms with van der Waals surface area (Å²) in [5.74, 6) is 1.28. The number of rotatable bonds is 7. The van der Waals surface area contributed by atoms with Crippen LogP contribution in [0.1, 0.15) is 49.8 Å². The van der Waals surface area contributed by atoms with Crippen LogP contribution >= 0.6 is 0 Å². The fourth-order valence-electron chi connectivity index (χ4n) is 3.54. The van der Waals surface area contributed by atoms with Gasteiger partial charge in [0.2, 0.25) is 0 Å². The summed E-state index contributed by atoms with van der Waals surface area (Å²) in [6.07, 6.45) is 4.57. The van der Waals surface area contributed by atoms with Gasteiger partial charge in [-0.25, -0.2) is 0 Å². The van der Waals surface area contributed by atoms with Gasteiger partial charge in [0, 0.05) is 31.0 Å². The second-order valence-electron chi connectivity index (χ2n) is 7.84. The molecule has 0 amide bonds. The van der Waals surface area contributed by atoms with Crippen molar-refractivity contribution in [3.05, 3.63) is 35.4 Å². The van der Waals surface area contributed by atoms with E-state index in [0.717, 1.165) is 51.3 Å². The van der Waals surface area contributed by atoms with Gasteiger partial charge in [-0.3, -0.25) is 4.99 Å². The van der Waals surface area contributed by atoms with Gasteiger partial charge in [-0.2, -0.15) is 0 Å². The Morgan fingerprint density at radius 1 is 1.27 bits per heavy atom. The van der Waals surface area contributed by atoms with Crippen molar-refractivity contribution in [2.24, 2.45) is 16.3 Å². The van der Waals surface area contributed by atoms with Crippen LogP contribution in [0.15, 0.2) is 29.3 Å². The summed E-state index contributed by atoms with van der Waals surface area (Å²) in [6.45, 7) is 7.64. The summed E-state index contributed by atoms with van der Waals surface area (Å²) in [5, 5.41) is 16.3. The number of benzene rings is 1. The molecule has 1 saturated carbocycles. The molecule has 0 radical (unpaired) electrons. The fraction of sp³-hybridized carbons (Fsp3) is 0.667. The third-order valence-electron chi connectivity index (χ3n) is 5.59. The van der Waals surface area contributed by atoms with E-state index in [1.807, 2.05) is 0 Å². The largest absolute Gasteiger partial charge is 0.396 e. The van der Waals surface area contributed by atoms with Crippen LogP contribution in [0.3, 0.4) is 0 Å². The second kappa shape index (κ2) is 8.87. The summed E-state index contributed by atoms with van der Waals surface area (Å²) in [7, 11) is 0. The average molecular weight is 360 g/mol. The second-order valence-corrected chi connectivity index (χ2v) is 7.84. The van der Waals surface area contributed by atoms with Gasteiger partial charge in [0.15, 0.2) is 5.96 Å². The molecule has 2 unspecified atom stereocenters. The molecule has 1 aromatic carbocycles. The van der Waals surface area contributed by atoms with Crippen molar-refractivity contribution < 1.29 is 9.84 Å². The Morgan fingerprint density at radius 3 is 2.69 bits per heavy atom. The average Bonchev–Trinajstić information content (AvgIpc) is 3.45. The Morgan fingerprint density at radius 2 is 2.04 bits per heavy atom. The van der Waals surface area contributed by atoms with Crippen LogP contribution in [0, 0.1) is 18.3 Å². The summed E-state index contributed by atoms with van der Waals surface area (Å²) in [6, 6.07) is 8.70. The van der Waals surface area contributed by atoms with Gasteiger partial charge < -0.3 is 20.5 Å². The molecule has 5 nitrogen and oxygen atoms in total. The third-order valence-corrected chi connectivity index (χ3v) is 5.59. The van der Waals surface area contributed by atoms with E-state index in [0.29, 0.717) is 12.5 Å². The lowest BCUT2D eigenvalue weighted by Crippen LogP contribution is -2.42. The van der Waals surface area contributed by atoms with Crippen molar-refractivity contribution in [3.63, 3.8) is 0 Å². The highest BCUT2D eigenvalue weighted by Crippen LogP contribution is 2.45. The van der Waals surface area contributed by atoms with Gasteiger partial charge >= 0.3 is 0 Å². The van der Waals surface area contributed by atoms with E-state index in [9.17, 15) is 5.11 Å². The molecule has 1 aromatic rings. The van der Waals surface area contributed by atoms with E-state index in [2.05, 4.69) is 48.7 Å². The van der Waals surface area contributed by atoms with Crippen LogP contribution in [0.2, 0.25) is 0 Å². The van der Waals surface area contributed by atoms with E-state index < -0.39 is 0 Å². The molecular formula is C21H33N3O2. The van der Waals surface area contributed by atoms with Gasteiger partial charge in [-0.05, 0) is 45.1 Å². The van der Waals surface area contributed by atoms with Crippen LogP contribution in [0.4, 0.5) is 0 Å². The van der Waals surface area contributed by atoms with E-state index in [1.54, 1.807) is 0 Å². The first-order chi connectivity index (χ1) is 12.7. The fourth-order valence-corrected chi connectivity index (χ4v) is 3.54. The Labute approximate surface area is 157 Å². The SMILES string of the molecule is CCNC(=NCC1(CO)CC1)NCC1CCCOC1c1ccc(C)cc1. The maximum Gasteiger partial charge on any atom is 0.191 e. The number of ether oxygens (including phenoxy) is 1. The lowest BCUT2D eigenvalue weighted by Gasteiger charge is -2.32. The molecule has 0 aromatic heterocycles. The standard InChI is InChI=1S/C21H33N3O2/c1-3-22-20(24-14-21(15-25)10-11-21)23-13-18-5-4-12-26-19(18)17-8-6-16(2)7-9-17/h6-9,18-19,25H,3-5,10-15H2,1-2H3,(H2,22,23,24). The molecule has 144 valence electrons. The molecular weight excluding hydrogens is 326 g/mol. The highest BCUT2D eigenvalue weighted by molar-refractivity contribution is 5.79. The third kappa shape index (κ3) is 4.98. The van der Waals surface area contributed by atoms with Crippen LogP contribution in [-0.2, 0) is 4.74 Å². The normalized spacial score (nSPS) is 25.0. The monoisotopic (exact) mass is 359 g/mol. The highest BCUT2D eigenvalue weighted by atomic mass is 16.5. The van der Waals surface area contributed by atoms with E-state index in [1.165, 1.54) is 11.1 Å². The minimum Gasteiger partial charge on any atom is -0.396 e. The number of nitrogens with zero attached hydrogens (tertiary/aromatic N) is 1. The lowest BCUT2D eigenvalue weighted by molar-refractivity contribution is -0.0265.